The van der Waals surface area contributed by atoms with Crippen LogP contribution in [-0.4, -0.2) is 22.3 Å². The number of nitrogens with zero attached hydrogens (tertiary/aromatic N) is 2. The van der Waals surface area contributed by atoms with Gasteiger partial charge in [-0.05, 0) is 44.5 Å². The minimum atomic E-state index is 0.0573. The summed E-state index contributed by atoms with van der Waals surface area (Å²) in [6, 6.07) is 9.25. The number of hydrogen-bond acceptors (Lipinski definition) is 5. The average Bonchev–Trinajstić information content (AvgIpc) is 2.51. The summed E-state index contributed by atoms with van der Waals surface area (Å²) < 4.78 is 0. The van der Waals surface area contributed by atoms with E-state index in [0.717, 1.165) is 30.2 Å². The first-order valence-electron chi connectivity index (χ1n) is 8.06. The van der Waals surface area contributed by atoms with Gasteiger partial charge in [0.2, 0.25) is 5.95 Å². The van der Waals surface area contributed by atoms with Crippen molar-refractivity contribution in [3.05, 3.63) is 41.6 Å². The van der Waals surface area contributed by atoms with Gasteiger partial charge in [0.05, 0.1) is 0 Å². The molecular weight excluding hydrogens is 288 g/mol. The Morgan fingerprint density at radius 1 is 1.13 bits per heavy atom. The van der Waals surface area contributed by atoms with E-state index in [2.05, 4.69) is 27.5 Å². The Hall–Kier alpha value is -2.43. The van der Waals surface area contributed by atoms with Crippen LogP contribution < -0.4 is 10.6 Å². The Labute approximate surface area is 137 Å². The fourth-order valence-corrected chi connectivity index (χ4v) is 2.22. The summed E-state index contributed by atoms with van der Waals surface area (Å²) in [5.41, 5.74) is 2.46. The van der Waals surface area contributed by atoms with Gasteiger partial charge in [-0.1, -0.05) is 19.8 Å². The number of unbranched alkanes of at least 4 members (excludes halogenated alkanes) is 2. The molecule has 23 heavy (non-hydrogen) atoms. The second-order valence-corrected chi connectivity index (χ2v) is 5.61. The van der Waals surface area contributed by atoms with Crippen molar-refractivity contribution in [2.75, 3.05) is 17.2 Å². The number of aryl methyl sites for hydroxylation is 1. The normalized spacial score (nSPS) is 10.4. The molecule has 1 aromatic carbocycles. The highest BCUT2D eigenvalue weighted by Crippen LogP contribution is 2.17. The highest BCUT2D eigenvalue weighted by Gasteiger charge is 2.04. The summed E-state index contributed by atoms with van der Waals surface area (Å²) >= 11 is 0. The molecule has 2 aromatic rings. The van der Waals surface area contributed by atoms with Gasteiger partial charge < -0.3 is 10.6 Å². The van der Waals surface area contributed by atoms with Gasteiger partial charge in [-0.3, -0.25) is 4.79 Å². The Balaban J connectivity index is 2.04. The van der Waals surface area contributed by atoms with Crippen molar-refractivity contribution in [2.24, 2.45) is 0 Å². The number of anilines is 3. The van der Waals surface area contributed by atoms with E-state index in [1.165, 1.54) is 12.8 Å². The molecule has 0 saturated heterocycles. The van der Waals surface area contributed by atoms with Gasteiger partial charge >= 0.3 is 0 Å². The van der Waals surface area contributed by atoms with Crippen LogP contribution in [0.4, 0.5) is 17.5 Å². The lowest BCUT2D eigenvalue weighted by molar-refractivity contribution is 0.101. The molecule has 5 nitrogen and oxygen atoms in total. The summed E-state index contributed by atoms with van der Waals surface area (Å²) in [6.45, 7) is 6.61. The van der Waals surface area contributed by atoms with Crippen LogP contribution in [0.2, 0.25) is 0 Å². The van der Waals surface area contributed by atoms with Gasteiger partial charge in [0.1, 0.15) is 5.82 Å². The molecule has 0 unspecified atom stereocenters. The van der Waals surface area contributed by atoms with E-state index in [1.54, 1.807) is 19.1 Å². The van der Waals surface area contributed by atoms with Crippen LogP contribution in [0.3, 0.4) is 0 Å². The van der Waals surface area contributed by atoms with Crippen LogP contribution in [-0.2, 0) is 0 Å². The van der Waals surface area contributed by atoms with Crippen LogP contribution in [0.1, 0.15) is 49.2 Å². The smallest absolute Gasteiger partial charge is 0.229 e. The Bertz CT molecular complexity index is 653. The standard InChI is InChI=1S/C18H24N4O/c1-4-5-6-11-19-17-12-13(2)20-18(22-17)21-16-9-7-15(8-10-16)14(3)23/h7-10,12H,4-6,11H2,1-3H3,(H2,19,20,21,22). The number of rotatable bonds is 8. The van der Waals surface area contributed by atoms with E-state index in [1.807, 2.05) is 25.1 Å². The van der Waals surface area contributed by atoms with Crippen molar-refractivity contribution in [2.45, 2.75) is 40.0 Å². The Kier molecular flexibility index (Phi) is 6.09. The molecule has 0 amide bonds. The average molecular weight is 312 g/mol. The monoisotopic (exact) mass is 312 g/mol. The molecule has 0 saturated carbocycles. The number of benzene rings is 1. The Morgan fingerprint density at radius 3 is 2.52 bits per heavy atom. The minimum absolute atomic E-state index is 0.0573. The first-order chi connectivity index (χ1) is 11.1. The summed E-state index contributed by atoms with van der Waals surface area (Å²) in [5.74, 6) is 1.44. The number of Topliss-reactive ketones (excluding diaryl/α,β-unsaturated/α-hetero) is 1. The predicted molar refractivity (Wildman–Crippen MR) is 94.5 cm³/mol. The van der Waals surface area contributed by atoms with E-state index in [0.29, 0.717) is 11.5 Å². The second-order valence-electron chi connectivity index (χ2n) is 5.61. The van der Waals surface area contributed by atoms with E-state index in [-0.39, 0.29) is 5.78 Å². The van der Waals surface area contributed by atoms with Gasteiger partial charge in [0.25, 0.3) is 0 Å². The zero-order valence-corrected chi connectivity index (χ0v) is 14.0. The molecule has 1 heterocycles. The van der Waals surface area contributed by atoms with Crippen LogP contribution in [0.25, 0.3) is 0 Å². The third-order valence-corrected chi connectivity index (χ3v) is 3.49. The largest absolute Gasteiger partial charge is 0.370 e. The van der Waals surface area contributed by atoms with Crippen molar-refractivity contribution < 1.29 is 4.79 Å². The lowest BCUT2D eigenvalue weighted by Crippen LogP contribution is -2.06. The molecule has 0 atom stereocenters. The Morgan fingerprint density at radius 2 is 1.87 bits per heavy atom. The zero-order valence-electron chi connectivity index (χ0n) is 14.0. The molecule has 0 aliphatic carbocycles. The van der Waals surface area contributed by atoms with Crippen molar-refractivity contribution in [3.8, 4) is 0 Å². The second kappa shape index (κ2) is 8.27. The first kappa shape index (κ1) is 16.9. The number of aromatic nitrogens is 2. The maximum atomic E-state index is 11.3. The lowest BCUT2D eigenvalue weighted by Gasteiger charge is -2.10. The number of nitrogens with one attached hydrogen (secondary N) is 2. The number of carbonyl (C=O) groups excluding carboxylic acids is 1. The quantitative estimate of drug-likeness (QED) is 0.561. The number of hydrogen-bond donors (Lipinski definition) is 2. The van der Waals surface area contributed by atoms with Crippen molar-refractivity contribution in [3.63, 3.8) is 0 Å². The molecular formula is C18H24N4O. The van der Waals surface area contributed by atoms with E-state index in [4.69, 9.17) is 0 Å². The summed E-state index contributed by atoms with van der Waals surface area (Å²) in [5, 5.41) is 6.51. The number of carbonyl (C=O) groups is 1. The van der Waals surface area contributed by atoms with Crippen LogP contribution in [0.5, 0.6) is 0 Å². The summed E-state index contributed by atoms with van der Waals surface area (Å²) in [4.78, 5) is 20.2. The molecule has 0 bridgehead atoms. The predicted octanol–water partition coefficient (Wildman–Crippen LogP) is 4.33. The molecule has 0 radical (unpaired) electrons. The molecule has 1 aromatic heterocycles. The number of ketones is 1. The first-order valence-corrected chi connectivity index (χ1v) is 8.06. The van der Waals surface area contributed by atoms with Gasteiger partial charge in [-0.2, -0.15) is 4.98 Å². The maximum Gasteiger partial charge on any atom is 0.229 e. The molecule has 122 valence electrons. The highest BCUT2D eigenvalue weighted by atomic mass is 16.1. The van der Waals surface area contributed by atoms with E-state index < -0.39 is 0 Å². The van der Waals surface area contributed by atoms with Crippen molar-refractivity contribution in [1.82, 2.24) is 9.97 Å². The fourth-order valence-electron chi connectivity index (χ4n) is 2.22. The molecule has 2 N–H and O–H groups in total. The molecule has 0 aliphatic heterocycles. The SMILES string of the molecule is CCCCCNc1cc(C)nc(Nc2ccc(C(C)=O)cc2)n1. The van der Waals surface area contributed by atoms with Crippen molar-refractivity contribution in [1.29, 1.82) is 0 Å². The summed E-state index contributed by atoms with van der Waals surface area (Å²) in [7, 11) is 0. The molecule has 2 rings (SSSR count). The van der Waals surface area contributed by atoms with Crippen LogP contribution in [0, 0.1) is 6.92 Å². The maximum absolute atomic E-state index is 11.3. The van der Waals surface area contributed by atoms with Gasteiger partial charge in [-0.25, -0.2) is 4.98 Å². The molecule has 0 fully saturated rings. The van der Waals surface area contributed by atoms with Gasteiger partial charge in [-0.15, -0.1) is 0 Å². The third kappa shape index (κ3) is 5.36. The van der Waals surface area contributed by atoms with Gasteiger partial charge in [0.15, 0.2) is 5.78 Å². The summed E-state index contributed by atoms with van der Waals surface area (Å²) in [6.07, 6.45) is 3.55. The molecule has 0 aliphatic rings. The van der Waals surface area contributed by atoms with E-state index in [9.17, 15) is 4.79 Å². The van der Waals surface area contributed by atoms with Crippen LogP contribution >= 0.6 is 0 Å². The molecule has 5 heteroatoms. The topological polar surface area (TPSA) is 66.9 Å². The minimum Gasteiger partial charge on any atom is -0.370 e. The highest BCUT2D eigenvalue weighted by molar-refractivity contribution is 5.94. The third-order valence-electron chi connectivity index (χ3n) is 3.49. The fraction of sp³-hybridized carbons (Fsp3) is 0.389. The zero-order chi connectivity index (χ0) is 16.7. The lowest BCUT2D eigenvalue weighted by atomic mass is 10.1. The van der Waals surface area contributed by atoms with Gasteiger partial charge in [0, 0.05) is 29.6 Å². The van der Waals surface area contributed by atoms with Crippen molar-refractivity contribution >= 4 is 23.2 Å². The molecule has 0 spiro atoms. The van der Waals surface area contributed by atoms with E-state index >= 15 is 0 Å². The van der Waals surface area contributed by atoms with Crippen LogP contribution in [0.15, 0.2) is 30.3 Å².